The molecule has 4 aromatic rings. The Morgan fingerprint density at radius 2 is 1.54 bits per heavy atom. The molecule has 4 N–H and O–H groups in total. The number of carboxylic acids is 1. The standard InChI is InChI=1S/C46H37N3O15S/c50-25-13-16-32-37(20-25)63-38-21-26(51)14-17-33(38)41(32)31-15-12-24(19-34(31)44(55)56)42(53)47-18-6-5-11-36(45(57)64-49-40(52)22-39(43(49)54)65(59,60)61)48-46(58)62-23-35-29-9-3-1-7-27(29)28-8-2-4-10-30(28)35/h1-4,7-10,12-17,19-21,35-36,39,50H,5-6,11,18,22-23H2,(H,47,53)(H,48,58)(H,55,56)(H,59,60,61)/p-1/t36-,39?/m0/s1. The Balaban J connectivity index is 0.944. The molecule has 4 amide bonds. The lowest BCUT2D eigenvalue weighted by Gasteiger charge is -2.21. The molecule has 4 aromatic carbocycles. The minimum Gasteiger partial charge on any atom is -0.747 e. The summed E-state index contributed by atoms with van der Waals surface area (Å²) in [6.07, 6.45) is -2.03. The normalized spacial score (nSPS) is 15.1. The molecule has 332 valence electrons. The van der Waals surface area contributed by atoms with Crippen LogP contribution in [0.3, 0.4) is 0 Å². The minimum absolute atomic E-state index is 0.0156. The number of nitrogens with one attached hydrogen (secondary N) is 2. The van der Waals surface area contributed by atoms with Crippen LogP contribution in [0.5, 0.6) is 5.75 Å². The molecule has 2 atom stereocenters. The minimum atomic E-state index is -5.27. The molecular formula is C46H36N3O15S-. The number of carboxylic acid groups (broad SMARTS) is 1. The van der Waals surface area contributed by atoms with Gasteiger partial charge in [0.1, 0.15) is 45.1 Å². The van der Waals surface area contributed by atoms with Gasteiger partial charge in [0.2, 0.25) is 0 Å². The number of benzene rings is 5. The Morgan fingerprint density at radius 3 is 2.22 bits per heavy atom. The largest absolute Gasteiger partial charge is 0.747 e. The van der Waals surface area contributed by atoms with Crippen molar-refractivity contribution in [2.75, 3.05) is 13.2 Å². The molecule has 1 fully saturated rings. The fourth-order valence-corrected chi connectivity index (χ4v) is 8.79. The van der Waals surface area contributed by atoms with Gasteiger partial charge in [0.25, 0.3) is 17.7 Å². The number of ether oxygens (including phenoxy) is 1. The van der Waals surface area contributed by atoms with E-state index in [9.17, 15) is 56.7 Å². The van der Waals surface area contributed by atoms with Crippen molar-refractivity contribution in [1.29, 1.82) is 0 Å². The summed E-state index contributed by atoms with van der Waals surface area (Å²) in [5, 5.41) is 23.5. The molecule has 1 saturated heterocycles. The smallest absolute Gasteiger partial charge is 0.407 e. The first-order valence-electron chi connectivity index (χ1n) is 20.1. The maximum atomic E-state index is 13.4. The Labute approximate surface area is 368 Å². The van der Waals surface area contributed by atoms with E-state index in [0.29, 0.717) is 16.5 Å². The lowest BCUT2D eigenvalue weighted by molar-refractivity contribution is -0.199. The Bertz CT molecular complexity index is 3050. The van der Waals surface area contributed by atoms with Gasteiger partial charge < -0.3 is 39.4 Å². The third-order valence-electron chi connectivity index (χ3n) is 11.2. The molecule has 2 aliphatic carbocycles. The van der Waals surface area contributed by atoms with Crippen molar-refractivity contribution in [3.63, 3.8) is 0 Å². The lowest BCUT2D eigenvalue weighted by atomic mass is 9.90. The number of hydroxylamine groups is 2. The highest BCUT2D eigenvalue weighted by molar-refractivity contribution is 7.87. The number of phenolic OH excluding ortho intramolecular Hbond substituents is 1. The van der Waals surface area contributed by atoms with Gasteiger partial charge in [-0.3, -0.25) is 19.2 Å². The molecule has 0 aromatic heterocycles. The first kappa shape index (κ1) is 43.7. The van der Waals surface area contributed by atoms with Gasteiger partial charge in [-0.15, -0.1) is 5.06 Å². The SMILES string of the molecule is O=C(N[C@@H](CCCCNC(=O)c1ccc(-c2c3ccc(=O)cc-3oc3cc(O)ccc23)c(C(=O)O)c1)C(=O)ON1C(=O)CC(S(=O)(=O)[O-])C1=O)OCC1c2ccccc2-c2ccccc21. The number of carbonyl (C=O) groups excluding carboxylic acids is 5. The summed E-state index contributed by atoms with van der Waals surface area (Å²) in [6.45, 7) is -0.149. The van der Waals surface area contributed by atoms with E-state index in [4.69, 9.17) is 14.0 Å². The number of carbonyl (C=O) groups is 6. The van der Waals surface area contributed by atoms with Gasteiger partial charge in [-0.1, -0.05) is 54.6 Å². The zero-order chi connectivity index (χ0) is 46.2. The Hall–Kier alpha value is -7.90. The van der Waals surface area contributed by atoms with E-state index in [1.54, 1.807) is 6.07 Å². The number of rotatable bonds is 14. The van der Waals surface area contributed by atoms with Crippen molar-refractivity contribution in [1.82, 2.24) is 15.7 Å². The van der Waals surface area contributed by atoms with Crippen LogP contribution in [-0.2, 0) is 34.1 Å². The van der Waals surface area contributed by atoms with Gasteiger partial charge in [0.05, 0.1) is 12.0 Å². The Kier molecular flexibility index (Phi) is 11.9. The molecule has 4 aliphatic rings. The molecule has 2 aliphatic heterocycles. The lowest BCUT2D eigenvalue weighted by Crippen LogP contribution is -2.46. The summed E-state index contributed by atoms with van der Waals surface area (Å²) in [6, 6.07) is 26.0. The van der Waals surface area contributed by atoms with E-state index in [2.05, 4.69) is 10.6 Å². The second kappa shape index (κ2) is 17.7. The van der Waals surface area contributed by atoms with Gasteiger partial charge in [0.15, 0.2) is 5.43 Å². The van der Waals surface area contributed by atoms with Crippen LogP contribution in [0.4, 0.5) is 4.79 Å². The number of hydrogen-bond acceptors (Lipinski definition) is 14. The number of fused-ring (bicyclic) bond motifs is 5. The van der Waals surface area contributed by atoms with Crippen LogP contribution in [0.15, 0.2) is 112 Å². The second-order valence-corrected chi connectivity index (χ2v) is 16.8. The van der Waals surface area contributed by atoms with Gasteiger partial charge in [-0.25, -0.2) is 22.8 Å². The molecule has 1 unspecified atom stereocenters. The number of imide groups is 1. The van der Waals surface area contributed by atoms with Gasteiger partial charge in [-0.2, -0.15) is 0 Å². The maximum Gasteiger partial charge on any atom is 0.407 e. The molecular weight excluding hydrogens is 867 g/mol. The average molecular weight is 903 g/mol. The van der Waals surface area contributed by atoms with E-state index >= 15 is 0 Å². The van der Waals surface area contributed by atoms with E-state index in [-0.39, 0.29) is 82.6 Å². The zero-order valence-electron chi connectivity index (χ0n) is 33.8. The van der Waals surface area contributed by atoms with Gasteiger partial charge in [0, 0.05) is 46.7 Å². The summed E-state index contributed by atoms with van der Waals surface area (Å²) in [5.41, 5.74) is 4.34. The quantitative estimate of drug-likeness (QED) is 0.0489. The van der Waals surface area contributed by atoms with Crippen LogP contribution in [0, 0.1) is 0 Å². The summed E-state index contributed by atoms with van der Waals surface area (Å²) in [4.78, 5) is 94.8. The summed E-state index contributed by atoms with van der Waals surface area (Å²) in [5.74, 6) is -6.48. The van der Waals surface area contributed by atoms with Crippen LogP contribution in [0.25, 0.3) is 44.5 Å². The highest BCUT2D eigenvalue weighted by atomic mass is 32.2. The molecule has 0 spiro atoms. The van der Waals surface area contributed by atoms with Crippen LogP contribution < -0.4 is 16.1 Å². The molecule has 2 heterocycles. The van der Waals surface area contributed by atoms with E-state index in [1.807, 2.05) is 48.5 Å². The highest BCUT2D eigenvalue weighted by Crippen LogP contribution is 2.45. The predicted octanol–water partition coefficient (Wildman–Crippen LogP) is 4.91. The van der Waals surface area contributed by atoms with Gasteiger partial charge >= 0.3 is 18.0 Å². The maximum absolute atomic E-state index is 13.4. The van der Waals surface area contributed by atoms with E-state index < -0.39 is 63.6 Å². The molecule has 19 heteroatoms. The number of alkyl carbamates (subject to hydrolysis) is 1. The summed E-state index contributed by atoms with van der Waals surface area (Å²) in [7, 11) is -5.27. The number of hydrogen-bond donors (Lipinski definition) is 4. The summed E-state index contributed by atoms with van der Waals surface area (Å²) < 4.78 is 46.1. The first-order chi connectivity index (χ1) is 31.1. The van der Waals surface area contributed by atoms with E-state index in [0.717, 1.165) is 22.3 Å². The zero-order valence-corrected chi connectivity index (χ0v) is 34.7. The van der Waals surface area contributed by atoms with Crippen molar-refractivity contribution in [3.8, 4) is 39.3 Å². The average Bonchev–Trinajstić information content (AvgIpc) is 3.75. The van der Waals surface area contributed by atoms with E-state index in [1.165, 1.54) is 48.5 Å². The van der Waals surface area contributed by atoms with Crippen molar-refractivity contribution in [2.45, 2.75) is 42.9 Å². The molecule has 65 heavy (non-hydrogen) atoms. The second-order valence-electron chi connectivity index (χ2n) is 15.3. The number of aromatic hydroxyl groups is 1. The molecule has 0 bridgehead atoms. The topological polar surface area (TPSA) is 276 Å². The van der Waals surface area contributed by atoms with Crippen molar-refractivity contribution >= 4 is 56.8 Å². The van der Waals surface area contributed by atoms with Crippen LogP contribution in [-0.4, -0.2) is 88.4 Å². The summed E-state index contributed by atoms with van der Waals surface area (Å²) >= 11 is 0. The van der Waals surface area contributed by atoms with Crippen molar-refractivity contribution in [2.24, 2.45) is 0 Å². The fourth-order valence-electron chi connectivity index (χ4n) is 8.10. The molecule has 0 radical (unpaired) electrons. The first-order valence-corrected chi connectivity index (χ1v) is 21.6. The number of phenols is 1. The molecule has 0 saturated carbocycles. The van der Waals surface area contributed by atoms with Gasteiger partial charge in [-0.05, 0) is 83.5 Å². The van der Waals surface area contributed by atoms with Crippen LogP contribution in [0.1, 0.15) is 63.4 Å². The highest BCUT2D eigenvalue weighted by Gasteiger charge is 2.46. The molecule has 18 nitrogen and oxygen atoms in total. The molecule has 8 rings (SSSR count). The number of amides is 4. The monoisotopic (exact) mass is 902 g/mol. The Morgan fingerprint density at radius 1 is 0.846 bits per heavy atom. The van der Waals surface area contributed by atoms with Crippen LogP contribution in [0.2, 0.25) is 0 Å². The number of nitrogens with zero attached hydrogens (tertiary/aromatic N) is 1. The fraction of sp³-hybridized carbons (Fsp3) is 0.196. The van der Waals surface area contributed by atoms with Crippen LogP contribution >= 0.6 is 0 Å². The third-order valence-corrected chi connectivity index (χ3v) is 12.2. The predicted molar refractivity (Wildman–Crippen MR) is 227 cm³/mol. The van der Waals surface area contributed by atoms with Crippen molar-refractivity contribution in [3.05, 3.63) is 136 Å². The third kappa shape index (κ3) is 8.86. The van der Waals surface area contributed by atoms with Crippen molar-refractivity contribution < 1.29 is 65.9 Å². The number of aromatic carboxylic acids is 1. The number of unbranched alkanes of at least 4 members (excludes halogenated alkanes) is 1.